The van der Waals surface area contributed by atoms with Gasteiger partial charge in [0.2, 0.25) is 0 Å². The second-order valence-electron chi connectivity index (χ2n) is 1.15. The molecule has 0 spiro atoms. The van der Waals surface area contributed by atoms with Gasteiger partial charge in [-0.2, -0.15) is 4.84 Å². The van der Waals surface area contributed by atoms with E-state index in [-0.39, 0.29) is 10.7 Å². The minimum absolute atomic E-state index is 0.167. The Morgan fingerprint density at radius 1 is 1.88 bits per heavy atom. The molecule has 0 aromatic heterocycles. The molecule has 2 unspecified atom stereocenters. The van der Waals surface area contributed by atoms with E-state index in [0.29, 0.717) is 0 Å². The van der Waals surface area contributed by atoms with Gasteiger partial charge in [0.25, 0.3) is 0 Å². The Labute approximate surface area is 60.6 Å². The molecule has 0 aliphatic rings. The van der Waals surface area contributed by atoms with Crippen LogP contribution in [-0.2, 0) is 4.84 Å². The summed E-state index contributed by atoms with van der Waals surface area (Å²) in [6.07, 6.45) is 0. The molecular weight excluding hydrogens is 225 g/mol. The zero-order chi connectivity index (χ0) is 6.57. The van der Waals surface area contributed by atoms with Gasteiger partial charge in [-0.3, -0.25) is 0 Å². The minimum Gasteiger partial charge on any atom is -0.580 e. The summed E-state index contributed by atoms with van der Waals surface area (Å²) >= 11 is 1.92. The van der Waals surface area contributed by atoms with Gasteiger partial charge in [0.1, 0.15) is 6.61 Å². The predicted molar refractivity (Wildman–Crippen MR) is 36.5 cm³/mol. The number of hydrogen-bond acceptors (Lipinski definition) is 4. The molecule has 5 nitrogen and oxygen atoms in total. The van der Waals surface area contributed by atoms with Gasteiger partial charge in [-0.25, -0.2) is 0 Å². The molecule has 0 amide bonds. The third-order valence-corrected chi connectivity index (χ3v) is 0.744. The molecule has 50 valence electrons. The molecule has 0 bridgehead atoms. The molecule has 2 atom stereocenters. The molecule has 8 heavy (non-hydrogen) atoms. The van der Waals surface area contributed by atoms with E-state index in [1.807, 2.05) is 22.6 Å². The highest BCUT2D eigenvalue weighted by molar-refractivity contribution is 14.1. The number of nitrogens with two attached hydrogens (primary N) is 2. The first-order chi connectivity index (χ1) is 3.63. The van der Waals surface area contributed by atoms with Crippen molar-refractivity contribution < 1.29 is 10.2 Å². The van der Waals surface area contributed by atoms with Crippen molar-refractivity contribution in [2.75, 3.05) is 6.61 Å². The van der Waals surface area contributed by atoms with Crippen LogP contribution in [0, 0.1) is 5.21 Å². The number of halogens is 1. The van der Waals surface area contributed by atoms with Gasteiger partial charge in [-0.15, -0.1) is 11.2 Å². The van der Waals surface area contributed by atoms with Crippen LogP contribution in [0.15, 0.2) is 0 Å². The van der Waals surface area contributed by atoms with Crippen molar-refractivity contribution in [3.63, 3.8) is 0 Å². The third-order valence-electron chi connectivity index (χ3n) is 0.385. The summed E-state index contributed by atoms with van der Waals surface area (Å²) < 4.78 is -0.167. The van der Waals surface area contributed by atoms with Gasteiger partial charge in [-0.1, -0.05) is 22.6 Å². The molecule has 0 aliphatic heterocycles. The number of hydrogen-bond donors (Lipinski definition) is 3. The van der Waals surface area contributed by atoms with E-state index in [1.54, 1.807) is 0 Å². The molecule has 0 aromatic carbocycles. The molecule has 6 heteroatoms. The van der Waals surface area contributed by atoms with E-state index < -0.39 is 5.34 Å². The first kappa shape index (κ1) is 8.53. The standard InChI is InChI=1S/C2H8IN3O2/c3-2(4)1-8-6(5)7/h2,6H,1,4-5H2. The van der Waals surface area contributed by atoms with E-state index in [9.17, 15) is 5.21 Å². The topological polar surface area (TPSA) is 88.8 Å². The van der Waals surface area contributed by atoms with Gasteiger partial charge in [-0.05, 0) is 0 Å². The Bertz CT molecular complexity index is 51.2. The summed E-state index contributed by atoms with van der Waals surface area (Å²) in [6, 6.07) is 0. The zero-order valence-electron chi connectivity index (χ0n) is 4.13. The maximum atomic E-state index is 9.84. The van der Waals surface area contributed by atoms with E-state index in [4.69, 9.17) is 5.73 Å². The number of alkyl halides is 1. The van der Waals surface area contributed by atoms with Crippen LogP contribution in [0.3, 0.4) is 0 Å². The van der Waals surface area contributed by atoms with Crippen LogP contribution in [-0.4, -0.2) is 10.7 Å². The average Bonchev–Trinajstić information content (AvgIpc) is 1.61. The van der Waals surface area contributed by atoms with E-state index >= 15 is 0 Å². The normalized spacial score (nSPS) is 18.0. The van der Waals surface area contributed by atoms with Gasteiger partial charge >= 0.3 is 0 Å². The summed E-state index contributed by atoms with van der Waals surface area (Å²) in [5, 5.41) is 9.06. The van der Waals surface area contributed by atoms with Crippen molar-refractivity contribution in [3.05, 3.63) is 5.21 Å². The van der Waals surface area contributed by atoms with Gasteiger partial charge < -0.3 is 10.9 Å². The van der Waals surface area contributed by atoms with Crippen LogP contribution in [0.5, 0.6) is 0 Å². The first-order valence-electron chi connectivity index (χ1n) is 1.95. The van der Waals surface area contributed by atoms with Crippen molar-refractivity contribution in [2.24, 2.45) is 11.6 Å². The highest BCUT2D eigenvalue weighted by Gasteiger charge is 1.96. The summed E-state index contributed by atoms with van der Waals surface area (Å²) in [6.45, 7) is 0.176. The Morgan fingerprint density at radius 2 is 2.38 bits per heavy atom. The summed E-state index contributed by atoms with van der Waals surface area (Å²) in [5.74, 6) is 4.62. The minimum atomic E-state index is -0.780. The predicted octanol–water partition coefficient (Wildman–Crippen LogP) is -2.11. The largest absolute Gasteiger partial charge is 0.580 e. The summed E-state index contributed by atoms with van der Waals surface area (Å²) in [5.41, 5.74) is 5.19. The van der Waals surface area contributed by atoms with Crippen LogP contribution < -0.4 is 16.9 Å². The quantitative estimate of drug-likeness (QED) is 0.171. The van der Waals surface area contributed by atoms with Gasteiger partial charge in [0, 0.05) is 0 Å². The zero-order valence-corrected chi connectivity index (χ0v) is 6.29. The number of rotatable bonds is 3. The molecular formula is C2H8IN3O2. The molecule has 5 N–H and O–H groups in total. The molecule has 0 aliphatic carbocycles. The lowest BCUT2D eigenvalue weighted by Gasteiger charge is -2.12. The molecule has 0 rings (SSSR count). The fourth-order valence-corrected chi connectivity index (χ4v) is 0.342. The third kappa shape index (κ3) is 6.53. The summed E-state index contributed by atoms with van der Waals surface area (Å²) in [7, 11) is 0. The van der Waals surface area contributed by atoms with Crippen LogP contribution in [0.25, 0.3) is 0 Å². The lowest BCUT2D eigenvalue weighted by atomic mass is 10.7. The van der Waals surface area contributed by atoms with Crippen molar-refractivity contribution in [3.8, 4) is 0 Å². The molecule has 0 saturated heterocycles. The van der Waals surface area contributed by atoms with Crippen molar-refractivity contribution in [2.45, 2.75) is 4.05 Å². The monoisotopic (exact) mass is 233 g/mol. The van der Waals surface area contributed by atoms with Crippen molar-refractivity contribution >= 4 is 22.6 Å². The highest BCUT2D eigenvalue weighted by atomic mass is 127. The molecule has 0 heterocycles. The molecule has 0 fully saturated rings. The number of nitrogens with one attached hydrogen (secondary N) is 1. The van der Waals surface area contributed by atoms with E-state index in [0.717, 1.165) is 0 Å². The maximum Gasteiger partial charge on any atom is 0.133 e. The molecule has 0 aromatic rings. The Morgan fingerprint density at radius 3 is 2.50 bits per heavy atom. The fraction of sp³-hybridized carbons (Fsp3) is 1.00. The molecule has 0 saturated carbocycles. The van der Waals surface area contributed by atoms with E-state index in [1.165, 1.54) is 0 Å². The van der Waals surface area contributed by atoms with Crippen LogP contribution in [0.4, 0.5) is 0 Å². The second-order valence-corrected chi connectivity index (χ2v) is 2.75. The van der Waals surface area contributed by atoms with Crippen LogP contribution in [0.2, 0.25) is 0 Å². The first-order valence-corrected chi connectivity index (χ1v) is 3.19. The maximum absolute atomic E-state index is 9.84. The van der Waals surface area contributed by atoms with Gasteiger partial charge in [0.15, 0.2) is 0 Å². The summed E-state index contributed by atoms with van der Waals surface area (Å²) in [4.78, 5) is 4.31. The molecule has 0 radical (unpaired) electrons. The Hall–Kier alpha value is 0.530. The Kier molecular flexibility index (Phi) is 4.71. The fourth-order valence-electron chi connectivity index (χ4n) is 0.162. The van der Waals surface area contributed by atoms with Crippen LogP contribution >= 0.6 is 22.6 Å². The van der Waals surface area contributed by atoms with Crippen molar-refractivity contribution in [1.82, 2.24) is 0 Å². The Balaban J connectivity index is 2.93. The lowest BCUT2D eigenvalue weighted by Crippen LogP contribution is -3.12. The van der Waals surface area contributed by atoms with Crippen molar-refractivity contribution in [1.29, 1.82) is 0 Å². The SMILES string of the molecule is NC(I)CO[NH+](N)[O-]. The van der Waals surface area contributed by atoms with Gasteiger partial charge in [0.05, 0.1) is 4.05 Å². The number of quaternary nitrogens is 1. The lowest BCUT2D eigenvalue weighted by molar-refractivity contribution is -1.06. The highest BCUT2D eigenvalue weighted by Crippen LogP contribution is 1.86. The second kappa shape index (κ2) is 4.41. The smallest absolute Gasteiger partial charge is 0.133 e. The average molecular weight is 233 g/mol. The van der Waals surface area contributed by atoms with E-state index in [2.05, 4.69) is 10.7 Å². The van der Waals surface area contributed by atoms with Crippen LogP contribution in [0.1, 0.15) is 0 Å².